The second-order valence-electron chi connectivity index (χ2n) is 11.7. The van der Waals surface area contributed by atoms with Crippen LogP contribution in [-0.2, 0) is 19.6 Å². The summed E-state index contributed by atoms with van der Waals surface area (Å²) in [6.45, 7) is 8.59. The Morgan fingerprint density at radius 1 is 1.13 bits per heavy atom. The third-order valence-corrected chi connectivity index (χ3v) is 10.7. The summed E-state index contributed by atoms with van der Waals surface area (Å²) in [4.78, 5) is 28.1. The number of likely N-dealkylation sites (N-methyl/N-ethyl adjacent to an activating group) is 1. The van der Waals surface area contributed by atoms with E-state index in [0.717, 1.165) is 11.1 Å². The molecule has 0 radical (unpaired) electrons. The van der Waals surface area contributed by atoms with Crippen molar-refractivity contribution in [2.75, 3.05) is 13.6 Å². The number of likely N-dealkylation sites (tertiary alicyclic amines) is 1. The molecule has 0 aromatic heterocycles. The lowest BCUT2D eigenvalue weighted by Gasteiger charge is -2.52. The van der Waals surface area contributed by atoms with Crippen molar-refractivity contribution in [2.24, 2.45) is 5.41 Å². The van der Waals surface area contributed by atoms with Crippen molar-refractivity contribution in [1.82, 2.24) is 9.21 Å². The number of aliphatic carboxylic acids is 1. The molecule has 1 aliphatic heterocycles. The van der Waals surface area contributed by atoms with E-state index in [2.05, 4.69) is 0 Å². The summed E-state index contributed by atoms with van der Waals surface area (Å²) in [6.07, 6.45) is 0.402. The molecule has 1 amide bonds. The van der Waals surface area contributed by atoms with Crippen LogP contribution in [-0.4, -0.2) is 59.0 Å². The number of hydrogen-bond donors (Lipinski definition) is 1. The largest absolute Gasteiger partial charge is 0.481 e. The zero-order chi connectivity index (χ0) is 29.3. The second kappa shape index (κ2) is 11.8. The van der Waals surface area contributed by atoms with E-state index >= 15 is 0 Å². The van der Waals surface area contributed by atoms with Crippen molar-refractivity contribution in [3.63, 3.8) is 0 Å². The number of amides is 1. The molecule has 0 aliphatic carbocycles. The SMILES string of the molecule is CCC(CN(C)S(=O)(=O)C(C)(C)C)N1C(=O)C(C)(CC(=O)O)CC(c2cccc(Cl)c2)C1c1ccc(Cl)cc1. The maximum Gasteiger partial charge on any atom is 0.304 e. The lowest BCUT2D eigenvalue weighted by molar-refractivity contribution is -0.160. The number of rotatable bonds is 9. The van der Waals surface area contributed by atoms with Gasteiger partial charge in [-0.25, -0.2) is 12.7 Å². The first-order valence-electron chi connectivity index (χ1n) is 13.0. The smallest absolute Gasteiger partial charge is 0.304 e. The number of nitrogens with zero attached hydrogens (tertiary/aromatic N) is 2. The van der Waals surface area contributed by atoms with Gasteiger partial charge in [-0.3, -0.25) is 9.59 Å². The van der Waals surface area contributed by atoms with Crippen LogP contribution < -0.4 is 0 Å². The van der Waals surface area contributed by atoms with Gasteiger partial charge in [0.15, 0.2) is 0 Å². The molecule has 2 aromatic carbocycles. The monoisotopic (exact) mass is 596 g/mol. The van der Waals surface area contributed by atoms with E-state index in [1.54, 1.807) is 50.8 Å². The fraction of sp³-hybridized carbons (Fsp3) is 0.517. The molecule has 1 N–H and O–H groups in total. The minimum absolute atomic E-state index is 0.0668. The van der Waals surface area contributed by atoms with Gasteiger partial charge in [0.2, 0.25) is 15.9 Å². The molecular weight excluding hydrogens is 559 g/mol. The Kier molecular flexibility index (Phi) is 9.48. The molecule has 1 fully saturated rings. The van der Waals surface area contributed by atoms with Crippen LogP contribution in [0.3, 0.4) is 0 Å². The molecular formula is C29H38Cl2N2O5S. The molecule has 0 spiro atoms. The first kappa shape index (κ1) is 31.4. The summed E-state index contributed by atoms with van der Waals surface area (Å²) in [5, 5.41) is 10.9. The average Bonchev–Trinajstić information content (AvgIpc) is 2.83. The Labute approximate surface area is 242 Å². The number of halogens is 2. The molecule has 10 heteroatoms. The van der Waals surface area contributed by atoms with Crippen LogP contribution in [0.15, 0.2) is 48.5 Å². The van der Waals surface area contributed by atoms with Gasteiger partial charge in [0.05, 0.1) is 22.6 Å². The Bertz CT molecular complexity index is 1310. The van der Waals surface area contributed by atoms with Crippen molar-refractivity contribution in [3.05, 3.63) is 69.7 Å². The number of carboxylic acid groups (broad SMARTS) is 1. The number of carbonyl (C=O) groups excluding carboxylic acids is 1. The molecule has 214 valence electrons. The van der Waals surface area contributed by atoms with Crippen LogP contribution in [0.25, 0.3) is 0 Å². The van der Waals surface area contributed by atoms with Crippen LogP contribution in [0.2, 0.25) is 10.0 Å². The third-order valence-electron chi connectivity index (χ3n) is 7.65. The van der Waals surface area contributed by atoms with E-state index in [9.17, 15) is 23.1 Å². The van der Waals surface area contributed by atoms with Gasteiger partial charge in [-0.1, -0.05) is 61.3 Å². The Hall–Kier alpha value is -2.13. The zero-order valence-electron chi connectivity index (χ0n) is 23.3. The van der Waals surface area contributed by atoms with Crippen LogP contribution in [0.1, 0.15) is 77.0 Å². The number of sulfonamides is 1. The Morgan fingerprint density at radius 2 is 1.74 bits per heavy atom. The van der Waals surface area contributed by atoms with Crippen LogP contribution in [0.5, 0.6) is 0 Å². The van der Waals surface area contributed by atoms with Crippen molar-refractivity contribution in [1.29, 1.82) is 0 Å². The number of piperidine rings is 1. The molecule has 39 heavy (non-hydrogen) atoms. The molecule has 0 saturated carbocycles. The molecule has 1 heterocycles. The molecule has 2 aromatic rings. The van der Waals surface area contributed by atoms with Crippen molar-refractivity contribution in [2.45, 2.75) is 76.6 Å². The minimum Gasteiger partial charge on any atom is -0.481 e. The zero-order valence-corrected chi connectivity index (χ0v) is 25.6. The van der Waals surface area contributed by atoms with Gasteiger partial charge in [0.1, 0.15) is 0 Å². The van der Waals surface area contributed by atoms with Crippen LogP contribution in [0.4, 0.5) is 0 Å². The molecule has 3 rings (SSSR count). The van der Waals surface area contributed by atoms with Gasteiger partial charge in [-0.05, 0) is 69.0 Å². The first-order chi connectivity index (χ1) is 18.0. The van der Waals surface area contributed by atoms with Gasteiger partial charge < -0.3 is 10.0 Å². The molecule has 0 bridgehead atoms. The second-order valence-corrected chi connectivity index (χ2v) is 15.3. The Balaban J connectivity index is 2.23. The maximum absolute atomic E-state index is 14.3. The maximum atomic E-state index is 14.3. The highest BCUT2D eigenvalue weighted by atomic mass is 35.5. The summed E-state index contributed by atoms with van der Waals surface area (Å²) in [5.41, 5.74) is 0.494. The first-order valence-corrected chi connectivity index (χ1v) is 15.2. The topological polar surface area (TPSA) is 95.0 Å². The predicted molar refractivity (Wildman–Crippen MR) is 156 cm³/mol. The standard InChI is InChI=1S/C29H38Cl2N2O5S/c1-7-23(18-32(6)39(37,38)28(2,3)4)33-26(19-11-13-21(30)14-12-19)24(20-9-8-10-22(31)15-20)16-29(5,27(33)36)17-25(34)35/h8-15,23-24,26H,7,16-18H2,1-6H3,(H,34,35). The number of carboxylic acids is 1. The van der Waals surface area contributed by atoms with Crippen molar-refractivity contribution in [3.8, 4) is 0 Å². The van der Waals surface area contributed by atoms with Gasteiger partial charge in [0, 0.05) is 35.6 Å². The average molecular weight is 598 g/mol. The van der Waals surface area contributed by atoms with E-state index in [1.165, 1.54) is 11.4 Å². The van der Waals surface area contributed by atoms with E-state index in [-0.39, 0.29) is 31.2 Å². The molecule has 4 atom stereocenters. The van der Waals surface area contributed by atoms with E-state index in [1.807, 2.05) is 37.3 Å². The minimum atomic E-state index is -3.68. The fourth-order valence-electron chi connectivity index (χ4n) is 5.56. The molecule has 7 nitrogen and oxygen atoms in total. The highest BCUT2D eigenvalue weighted by molar-refractivity contribution is 7.90. The number of hydrogen-bond acceptors (Lipinski definition) is 4. The quantitative estimate of drug-likeness (QED) is 0.363. The van der Waals surface area contributed by atoms with E-state index in [0.29, 0.717) is 16.5 Å². The van der Waals surface area contributed by atoms with Gasteiger partial charge in [0.25, 0.3) is 0 Å². The predicted octanol–water partition coefficient (Wildman–Crippen LogP) is 6.37. The normalized spacial score (nSPS) is 23.2. The van der Waals surface area contributed by atoms with Gasteiger partial charge in [-0.2, -0.15) is 0 Å². The summed E-state index contributed by atoms with van der Waals surface area (Å²) in [7, 11) is -2.15. The van der Waals surface area contributed by atoms with Crippen molar-refractivity contribution >= 4 is 45.1 Å². The molecule has 1 aliphatic rings. The highest BCUT2D eigenvalue weighted by Gasteiger charge is 2.52. The van der Waals surface area contributed by atoms with Gasteiger partial charge >= 0.3 is 5.97 Å². The summed E-state index contributed by atoms with van der Waals surface area (Å²) in [5.74, 6) is -1.68. The van der Waals surface area contributed by atoms with E-state index in [4.69, 9.17) is 23.2 Å². The van der Waals surface area contributed by atoms with Crippen LogP contribution in [0, 0.1) is 5.41 Å². The number of benzene rings is 2. The van der Waals surface area contributed by atoms with Crippen molar-refractivity contribution < 1.29 is 23.1 Å². The lowest BCUT2D eigenvalue weighted by atomic mass is 9.67. The fourth-order valence-corrected chi connectivity index (χ4v) is 7.19. The number of carbonyl (C=O) groups is 2. The Morgan fingerprint density at radius 3 is 2.26 bits per heavy atom. The lowest BCUT2D eigenvalue weighted by Crippen LogP contribution is -2.58. The van der Waals surface area contributed by atoms with Crippen LogP contribution >= 0.6 is 23.2 Å². The third kappa shape index (κ3) is 6.62. The molecule has 1 saturated heterocycles. The summed E-state index contributed by atoms with van der Waals surface area (Å²) < 4.78 is 26.8. The van der Waals surface area contributed by atoms with Gasteiger partial charge in [-0.15, -0.1) is 0 Å². The van der Waals surface area contributed by atoms with E-state index < -0.39 is 38.2 Å². The summed E-state index contributed by atoms with van der Waals surface area (Å²) in [6, 6.07) is 13.6. The highest BCUT2D eigenvalue weighted by Crippen LogP contribution is 2.52. The summed E-state index contributed by atoms with van der Waals surface area (Å²) >= 11 is 12.6. The molecule has 4 unspecified atom stereocenters.